The summed E-state index contributed by atoms with van der Waals surface area (Å²) in [6, 6.07) is 3.70. The number of esters is 1. The second kappa shape index (κ2) is 7.97. The highest BCUT2D eigenvalue weighted by Crippen LogP contribution is 2.29. The number of carbonyl (C=O) groups excluding carboxylic acids is 2. The van der Waals surface area contributed by atoms with Gasteiger partial charge in [-0.05, 0) is 43.4 Å². The summed E-state index contributed by atoms with van der Waals surface area (Å²) in [7, 11) is 0. The van der Waals surface area contributed by atoms with E-state index in [9.17, 15) is 14.0 Å². The Balaban J connectivity index is 1.96. The maximum absolute atomic E-state index is 13.7. The molecule has 6 heteroatoms. The van der Waals surface area contributed by atoms with E-state index in [4.69, 9.17) is 16.3 Å². The molecule has 1 aliphatic carbocycles. The molecule has 0 saturated heterocycles. The number of carbonyl (C=O) groups is 2. The van der Waals surface area contributed by atoms with Crippen LogP contribution >= 0.6 is 11.6 Å². The van der Waals surface area contributed by atoms with Gasteiger partial charge in [-0.2, -0.15) is 0 Å². The minimum absolute atomic E-state index is 0.0744. The van der Waals surface area contributed by atoms with Crippen molar-refractivity contribution in [2.45, 2.75) is 52.2 Å². The Morgan fingerprint density at radius 3 is 2.75 bits per heavy atom. The molecule has 1 N–H and O–H groups in total. The number of ether oxygens (including phenoxy) is 1. The molecule has 1 saturated carbocycles. The van der Waals surface area contributed by atoms with Crippen LogP contribution in [0, 0.1) is 17.7 Å². The van der Waals surface area contributed by atoms with Crippen LogP contribution in [0.25, 0.3) is 0 Å². The van der Waals surface area contributed by atoms with Crippen LogP contribution < -0.4 is 5.32 Å². The molecule has 0 unspecified atom stereocenters. The lowest BCUT2D eigenvalue weighted by Gasteiger charge is -2.35. The monoisotopic (exact) mass is 355 g/mol. The third kappa shape index (κ3) is 4.47. The van der Waals surface area contributed by atoms with Gasteiger partial charge in [0.2, 0.25) is 0 Å². The average Bonchev–Trinajstić information content (AvgIpc) is 2.53. The van der Waals surface area contributed by atoms with E-state index >= 15 is 0 Å². The first-order chi connectivity index (χ1) is 11.3. The van der Waals surface area contributed by atoms with Crippen molar-refractivity contribution in [3.8, 4) is 0 Å². The van der Waals surface area contributed by atoms with Gasteiger partial charge in [0.1, 0.15) is 5.82 Å². The molecule has 2 rings (SSSR count). The molecule has 1 aromatic rings. The van der Waals surface area contributed by atoms with Gasteiger partial charge in [0.15, 0.2) is 6.10 Å². The van der Waals surface area contributed by atoms with Crippen molar-refractivity contribution in [1.29, 1.82) is 0 Å². The molecule has 4 atom stereocenters. The maximum Gasteiger partial charge on any atom is 0.341 e. The second-order valence-electron chi connectivity index (χ2n) is 6.55. The largest absolute Gasteiger partial charge is 0.449 e. The van der Waals surface area contributed by atoms with Crippen LogP contribution in [0.4, 0.5) is 4.39 Å². The van der Waals surface area contributed by atoms with Crippen LogP contribution in [-0.2, 0) is 9.53 Å². The molecule has 1 amide bonds. The van der Waals surface area contributed by atoms with E-state index in [0.717, 1.165) is 25.3 Å². The van der Waals surface area contributed by atoms with Gasteiger partial charge >= 0.3 is 5.97 Å². The van der Waals surface area contributed by atoms with Crippen molar-refractivity contribution in [3.05, 3.63) is 34.6 Å². The normalized spacial score (nSPS) is 25.0. The van der Waals surface area contributed by atoms with Crippen molar-refractivity contribution in [2.75, 3.05) is 0 Å². The van der Waals surface area contributed by atoms with E-state index in [2.05, 4.69) is 19.2 Å². The third-order valence-corrected chi connectivity index (χ3v) is 5.07. The molecule has 1 aliphatic rings. The molecule has 0 aliphatic heterocycles. The highest BCUT2D eigenvalue weighted by Gasteiger charge is 2.30. The number of halogens is 2. The van der Waals surface area contributed by atoms with Gasteiger partial charge in [-0.1, -0.05) is 38.3 Å². The first kappa shape index (κ1) is 18.7. The Hall–Kier alpha value is -1.62. The lowest BCUT2D eigenvalue weighted by Crippen LogP contribution is -2.47. The Morgan fingerprint density at radius 1 is 1.33 bits per heavy atom. The van der Waals surface area contributed by atoms with Crippen LogP contribution in [0.1, 0.15) is 50.4 Å². The van der Waals surface area contributed by atoms with Crippen LogP contribution in [0.2, 0.25) is 5.02 Å². The summed E-state index contributed by atoms with van der Waals surface area (Å²) in [5.41, 5.74) is -0.276. The second-order valence-corrected chi connectivity index (χ2v) is 6.99. The number of amides is 1. The minimum atomic E-state index is -1.000. The zero-order chi connectivity index (χ0) is 17.9. The van der Waals surface area contributed by atoms with E-state index in [1.165, 1.54) is 19.1 Å². The topological polar surface area (TPSA) is 55.4 Å². The van der Waals surface area contributed by atoms with Crippen LogP contribution in [-0.4, -0.2) is 24.0 Å². The van der Waals surface area contributed by atoms with Crippen LogP contribution in [0.5, 0.6) is 0 Å². The Morgan fingerprint density at radius 2 is 2.04 bits per heavy atom. The average molecular weight is 356 g/mol. The highest BCUT2D eigenvalue weighted by molar-refractivity contribution is 6.30. The number of nitrogens with one attached hydrogen (secondary N) is 1. The Bertz CT molecular complexity index is 622. The SMILES string of the molecule is C[C@@H]1[C@H](C)CCC[C@H]1NC(=O)[C@H](C)OC(=O)c1cc(Cl)ccc1F. The van der Waals surface area contributed by atoms with E-state index in [1.54, 1.807) is 0 Å². The van der Waals surface area contributed by atoms with Crippen LogP contribution in [0.15, 0.2) is 18.2 Å². The molecule has 0 bridgehead atoms. The van der Waals surface area contributed by atoms with Crippen molar-refractivity contribution in [3.63, 3.8) is 0 Å². The zero-order valence-corrected chi connectivity index (χ0v) is 14.9. The molecule has 132 valence electrons. The molecular weight excluding hydrogens is 333 g/mol. The van der Waals surface area contributed by atoms with E-state index in [1.807, 2.05) is 0 Å². The number of hydrogen-bond donors (Lipinski definition) is 1. The first-order valence-electron chi connectivity index (χ1n) is 8.26. The molecule has 0 aromatic heterocycles. The Kier molecular flexibility index (Phi) is 6.21. The van der Waals surface area contributed by atoms with Gasteiger partial charge in [0.05, 0.1) is 5.56 Å². The van der Waals surface area contributed by atoms with Gasteiger partial charge in [0.25, 0.3) is 5.91 Å². The van der Waals surface area contributed by atoms with Crippen molar-refractivity contribution in [1.82, 2.24) is 5.32 Å². The molecule has 0 heterocycles. The smallest absolute Gasteiger partial charge is 0.341 e. The number of rotatable bonds is 4. The summed E-state index contributed by atoms with van der Waals surface area (Å²) in [6.45, 7) is 5.77. The number of hydrogen-bond acceptors (Lipinski definition) is 3. The molecular formula is C18H23ClFNO3. The quantitative estimate of drug-likeness (QED) is 0.831. The van der Waals surface area contributed by atoms with Gasteiger partial charge < -0.3 is 10.1 Å². The highest BCUT2D eigenvalue weighted by atomic mass is 35.5. The lowest BCUT2D eigenvalue weighted by molar-refractivity contribution is -0.130. The molecule has 0 radical (unpaired) electrons. The van der Waals surface area contributed by atoms with Crippen molar-refractivity contribution >= 4 is 23.5 Å². The van der Waals surface area contributed by atoms with E-state index < -0.39 is 17.9 Å². The summed E-state index contributed by atoms with van der Waals surface area (Å²) in [5, 5.41) is 3.17. The van der Waals surface area contributed by atoms with Crippen molar-refractivity contribution < 1.29 is 18.7 Å². The Labute approximate surface area is 146 Å². The van der Waals surface area contributed by atoms with E-state index in [-0.39, 0.29) is 22.5 Å². The fourth-order valence-corrected chi connectivity index (χ4v) is 3.19. The van der Waals surface area contributed by atoms with Gasteiger partial charge in [-0.3, -0.25) is 4.79 Å². The third-order valence-electron chi connectivity index (χ3n) is 4.84. The molecule has 1 aromatic carbocycles. The first-order valence-corrected chi connectivity index (χ1v) is 8.63. The summed E-state index contributed by atoms with van der Waals surface area (Å²) in [6.07, 6.45) is 2.14. The summed E-state index contributed by atoms with van der Waals surface area (Å²) in [5.74, 6) is -1.08. The fourth-order valence-electron chi connectivity index (χ4n) is 3.02. The standard InChI is InChI=1S/C18H23ClFNO3/c1-10-5-4-6-16(11(10)2)21-17(22)12(3)24-18(23)14-9-13(19)7-8-15(14)20/h7-12,16H,4-6H2,1-3H3,(H,21,22)/t10-,11-,12+,16-/m1/s1. The predicted molar refractivity (Wildman–Crippen MR) is 90.4 cm³/mol. The molecule has 4 nitrogen and oxygen atoms in total. The molecule has 24 heavy (non-hydrogen) atoms. The predicted octanol–water partition coefficient (Wildman–Crippen LogP) is 3.97. The van der Waals surface area contributed by atoms with E-state index in [0.29, 0.717) is 11.8 Å². The maximum atomic E-state index is 13.7. The molecule has 0 spiro atoms. The fraction of sp³-hybridized carbons (Fsp3) is 0.556. The minimum Gasteiger partial charge on any atom is -0.449 e. The van der Waals surface area contributed by atoms with Gasteiger partial charge in [0, 0.05) is 11.1 Å². The summed E-state index contributed by atoms with van der Waals surface area (Å²) < 4.78 is 18.8. The van der Waals surface area contributed by atoms with Crippen LogP contribution in [0.3, 0.4) is 0 Å². The molecule has 1 fully saturated rings. The van der Waals surface area contributed by atoms with Gasteiger partial charge in [-0.25, -0.2) is 9.18 Å². The number of benzene rings is 1. The summed E-state index contributed by atoms with van der Waals surface area (Å²) >= 11 is 5.76. The zero-order valence-electron chi connectivity index (χ0n) is 14.1. The summed E-state index contributed by atoms with van der Waals surface area (Å²) in [4.78, 5) is 24.3. The van der Waals surface area contributed by atoms with Gasteiger partial charge in [-0.15, -0.1) is 0 Å². The lowest BCUT2D eigenvalue weighted by atomic mass is 9.78. The van der Waals surface area contributed by atoms with Crippen molar-refractivity contribution in [2.24, 2.45) is 11.8 Å².